The van der Waals surface area contributed by atoms with Crippen LogP contribution in [0.15, 0.2) is 42.7 Å². The summed E-state index contributed by atoms with van der Waals surface area (Å²) in [6.07, 6.45) is 3.56. The number of aromatic hydroxyl groups is 2. The predicted octanol–water partition coefficient (Wildman–Crippen LogP) is 3.16. The van der Waals surface area contributed by atoms with E-state index in [4.69, 9.17) is 0 Å². The lowest BCUT2D eigenvalue weighted by Gasteiger charge is -2.14. The highest BCUT2D eigenvalue weighted by atomic mass is 16.3. The van der Waals surface area contributed by atoms with E-state index < -0.39 is 5.91 Å². The van der Waals surface area contributed by atoms with Gasteiger partial charge in [0.1, 0.15) is 17.1 Å². The second-order valence-electron chi connectivity index (χ2n) is 6.61. The molecule has 0 aliphatic rings. The van der Waals surface area contributed by atoms with E-state index in [1.54, 1.807) is 13.1 Å². The normalized spacial score (nSPS) is 12.2. The molecule has 4 rings (SSSR count). The van der Waals surface area contributed by atoms with Crippen LogP contribution in [0.3, 0.4) is 0 Å². The van der Waals surface area contributed by atoms with E-state index >= 15 is 0 Å². The molecule has 0 spiro atoms. The van der Waals surface area contributed by atoms with Gasteiger partial charge in [-0.2, -0.15) is 5.10 Å². The largest absolute Gasteiger partial charge is 0.508 e. The molecule has 142 valence electrons. The standard InChI is InChI=1S/C20H19N5O3/c1-10-17(26)6-5-13(18(10)27)20(28)23-11(2)15-8-16(25-24-15)14-9-22-19-12(14)4-3-7-21-19/h3-9,11,26-27H,1-2H3,(H,21,22)(H,23,28)(H,24,25)/t11-/m1/s1. The molecule has 1 atom stereocenters. The van der Waals surface area contributed by atoms with Crippen molar-refractivity contribution < 1.29 is 15.0 Å². The zero-order valence-corrected chi connectivity index (χ0v) is 15.3. The fraction of sp³-hybridized carbons (Fsp3) is 0.150. The maximum absolute atomic E-state index is 12.5. The Morgan fingerprint density at radius 1 is 1.25 bits per heavy atom. The van der Waals surface area contributed by atoms with Crippen LogP contribution >= 0.6 is 0 Å². The highest BCUT2D eigenvalue weighted by molar-refractivity contribution is 5.98. The molecule has 0 bridgehead atoms. The van der Waals surface area contributed by atoms with E-state index in [9.17, 15) is 15.0 Å². The van der Waals surface area contributed by atoms with E-state index in [0.717, 1.165) is 28.0 Å². The van der Waals surface area contributed by atoms with E-state index in [1.165, 1.54) is 12.1 Å². The lowest BCUT2D eigenvalue weighted by molar-refractivity contribution is 0.0936. The van der Waals surface area contributed by atoms with Gasteiger partial charge in [-0.1, -0.05) is 0 Å². The van der Waals surface area contributed by atoms with Gasteiger partial charge in [0.15, 0.2) is 0 Å². The Morgan fingerprint density at radius 3 is 2.89 bits per heavy atom. The lowest BCUT2D eigenvalue weighted by atomic mass is 10.1. The Balaban J connectivity index is 1.56. The first-order chi connectivity index (χ1) is 13.5. The molecule has 28 heavy (non-hydrogen) atoms. The van der Waals surface area contributed by atoms with E-state index in [-0.39, 0.29) is 28.7 Å². The van der Waals surface area contributed by atoms with Crippen LogP contribution < -0.4 is 5.32 Å². The number of carbonyl (C=O) groups is 1. The zero-order chi connectivity index (χ0) is 19.8. The van der Waals surface area contributed by atoms with Crippen molar-refractivity contribution in [2.75, 3.05) is 0 Å². The number of hydrogen-bond donors (Lipinski definition) is 5. The van der Waals surface area contributed by atoms with Crippen LogP contribution in [0.2, 0.25) is 0 Å². The molecular formula is C20H19N5O3. The topological polar surface area (TPSA) is 127 Å². The molecule has 1 amide bonds. The Morgan fingerprint density at radius 2 is 2.07 bits per heavy atom. The van der Waals surface area contributed by atoms with Gasteiger partial charge in [0, 0.05) is 28.9 Å². The van der Waals surface area contributed by atoms with Gasteiger partial charge in [0.05, 0.1) is 23.0 Å². The molecule has 0 saturated heterocycles. The van der Waals surface area contributed by atoms with Crippen LogP contribution in [0.5, 0.6) is 11.5 Å². The van der Waals surface area contributed by atoms with Crippen molar-refractivity contribution in [1.29, 1.82) is 0 Å². The first-order valence-electron chi connectivity index (χ1n) is 8.76. The number of rotatable bonds is 4. The summed E-state index contributed by atoms with van der Waals surface area (Å²) in [6.45, 7) is 3.36. The summed E-state index contributed by atoms with van der Waals surface area (Å²) in [5.41, 5.74) is 3.51. The van der Waals surface area contributed by atoms with Crippen molar-refractivity contribution in [3.8, 4) is 22.8 Å². The zero-order valence-electron chi connectivity index (χ0n) is 15.3. The molecule has 4 aromatic rings. The number of pyridine rings is 1. The number of carbonyl (C=O) groups excluding carboxylic acids is 1. The van der Waals surface area contributed by atoms with Gasteiger partial charge < -0.3 is 20.5 Å². The summed E-state index contributed by atoms with van der Waals surface area (Å²) in [5.74, 6) is -0.740. The number of phenols is 2. The molecule has 3 aromatic heterocycles. The molecule has 3 heterocycles. The van der Waals surface area contributed by atoms with Crippen molar-refractivity contribution in [3.63, 3.8) is 0 Å². The van der Waals surface area contributed by atoms with Crippen LogP contribution in [-0.2, 0) is 0 Å². The minimum atomic E-state index is -0.444. The third kappa shape index (κ3) is 2.94. The number of H-pyrrole nitrogens is 2. The van der Waals surface area contributed by atoms with Crippen molar-refractivity contribution in [3.05, 3.63) is 59.5 Å². The molecule has 0 fully saturated rings. The summed E-state index contributed by atoms with van der Waals surface area (Å²) in [5, 5.41) is 30.8. The number of phenolic OH excluding ortho intramolecular Hbond substituents is 2. The van der Waals surface area contributed by atoms with Crippen molar-refractivity contribution in [2.45, 2.75) is 19.9 Å². The van der Waals surface area contributed by atoms with Gasteiger partial charge in [-0.3, -0.25) is 9.89 Å². The Hall–Kier alpha value is -3.81. The predicted molar refractivity (Wildman–Crippen MR) is 104 cm³/mol. The second kappa shape index (κ2) is 6.73. The smallest absolute Gasteiger partial charge is 0.255 e. The maximum Gasteiger partial charge on any atom is 0.255 e. The molecule has 0 aliphatic carbocycles. The third-order valence-electron chi connectivity index (χ3n) is 4.79. The number of fused-ring (bicyclic) bond motifs is 1. The summed E-state index contributed by atoms with van der Waals surface area (Å²) < 4.78 is 0. The van der Waals surface area contributed by atoms with Gasteiger partial charge in [0.2, 0.25) is 0 Å². The van der Waals surface area contributed by atoms with Gasteiger partial charge in [0.25, 0.3) is 5.91 Å². The summed E-state index contributed by atoms with van der Waals surface area (Å²) >= 11 is 0. The number of nitrogens with one attached hydrogen (secondary N) is 3. The average molecular weight is 377 g/mol. The first kappa shape index (κ1) is 17.6. The van der Waals surface area contributed by atoms with Crippen LogP contribution in [0.4, 0.5) is 0 Å². The fourth-order valence-corrected chi connectivity index (χ4v) is 3.09. The van der Waals surface area contributed by atoms with Crippen molar-refractivity contribution >= 4 is 16.9 Å². The second-order valence-corrected chi connectivity index (χ2v) is 6.61. The molecule has 5 N–H and O–H groups in total. The van der Waals surface area contributed by atoms with Crippen molar-refractivity contribution in [1.82, 2.24) is 25.5 Å². The van der Waals surface area contributed by atoms with Crippen LogP contribution in [-0.4, -0.2) is 36.3 Å². The summed E-state index contributed by atoms with van der Waals surface area (Å²) in [4.78, 5) is 19.9. The molecule has 1 aromatic carbocycles. The van der Waals surface area contributed by atoms with E-state index in [2.05, 4.69) is 25.5 Å². The maximum atomic E-state index is 12.5. The number of benzene rings is 1. The van der Waals surface area contributed by atoms with E-state index in [1.807, 2.05) is 31.3 Å². The molecule has 8 heteroatoms. The fourth-order valence-electron chi connectivity index (χ4n) is 3.09. The molecule has 8 nitrogen and oxygen atoms in total. The number of nitrogens with zero attached hydrogens (tertiary/aromatic N) is 2. The molecule has 0 radical (unpaired) electrons. The quantitative estimate of drug-likeness (QED) is 0.373. The van der Waals surface area contributed by atoms with Crippen LogP contribution in [0.25, 0.3) is 22.3 Å². The molecule has 0 unspecified atom stereocenters. The Bertz CT molecular complexity index is 1180. The first-order valence-corrected chi connectivity index (χ1v) is 8.76. The number of amides is 1. The lowest BCUT2D eigenvalue weighted by Crippen LogP contribution is -2.27. The third-order valence-corrected chi connectivity index (χ3v) is 4.79. The highest BCUT2D eigenvalue weighted by Gasteiger charge is 2.19. The Kier molecular flexibility index (Phi) is 4.23. The van der Waals surface area contributed by atoms with Crippen molar-refractivity contribution in [2.24, 2.45) is 0 Å². The number of hydrogen-bond acceptors (Lipinski definition) is 5. The minimum Gasteiger partial charge on any atom is -0.508 e. The van der Waals surface area contributed by atoms with Gasteiger partial charge in [-0.25, -0.2) is 4.98 Å². The van der Waals surface area contributed by atoms with Gasteiger partial charge in [-0.15, -0.1) is 0 Å². The van der Waals surface area contributed by atoms with Gasteiger partial charge in [-0.05, 0) is 44.2 Å². The van der Waals surface area contributed by atoms with E-state index in [0.29, 0.717) is 0 Å². The molecule has 0 saturated carbocycles. The summed E-state index contributed by atoms with van der Waals surface area (Å²) in [7, 11) is 0. The monoisotopic (exact) mass is 377 g/mol. The number of aromatic amines is 2. The highest BCUT2D eigenvalue weighted by Crippen LogP contribution is 2.30. The summed E-state index contributed by atoms with van der Waals surface area (Å²) in [6, 6.07) is 8.09. The minimum absolute atomic E-state index is 0.0615. The molecular weight excluding hydrogens is 358 g/mol. The van der Waals surface area contributed by atoms with Crippen LogP contribution in [0, 0.1) is 6.92 Å². The molecule has 0 aliphatic heterocycles. The van der Waals surface area contributed by atoms with Gasteiger partial charge >= 0.3 is 0 Å². The average Bonchev–Trinajstić information content (AvgIpc) is 3.33. The Labute approximate surface area is 160 Å². The SMILES string of the molecule is Cc1c(O)ccc(C(=O)N[C@H](C)c2cc(-c3c[nH]c4ncccc34)n[nH]2)c1O. The van der Waals surface area contributed by atoms with Crippen LogP contribution in [0.1, 0.15) is 34.6 Å². The number of aromatic nitrogens is 4.